The lowest BCUT2D eigenvalue weighted by molar-refractivity contribution is -0.142. The van der Waals surface area contributed by atoms with Crippen molar-refractivity contribution >= 4 is 40.6 Å². The molecule has 2 heterocycles. The highest BCUT2D eigenvalue weighted by Gasteiger charge is 2.30. The first-order chi connectivity index (χ1) is 18.0. The molecule has 202 valence electrons. The number of carbonyl (C=O) groups excluding carboxylic acids is 3. The molecule has 0 aliphatic carbocycles. The lowest BCUT2D eigenvalue weighted by Crippen LogP contribution is -2.57. The predicted molar refractivity (Wildman–Crippen MR) is 134 cm³/mol. The molecule has 2 aromatic heterocycles. The molecule has 1 aromatic carbocycles. The van der Waals surface area contributed by atoms with Gasteiger partial charge in [-0.25, -0.2) is 9.78 Å². The summed E-state index contributed by atoms with van der Waals surface area (Å²) < 4.78 is 0. The van der Waals surface area contributed by atoms with Crippen LogP contribution in [-0.4, -0.2) is 79.0 Å². The zero-order valence-corrected chi connectivity index (χ0v) is 20.4. The SMILES string of the molecule is CC(NC(=O)C(N)CC(=O)O)C(=O)NC(Cc1c[nH]c2ccccc12)C(=O)NC(Cc1cnc[nH]1)C(=O)O. The smallest absolute Gasteiger partial charge is 0.326 e. The first-order valence-electron chi connectivity index (χ1n) is 11.7. The zero-order chi connectivity index (χ0) is 27.8. The first kappa shape index (κ1) is 27.9. The standard InChI is InChI=1S/C24H29N7O7/c1-12(29-22(35)16(25)8-20(32)33)21(34)30-18(6-13-9-27-17-5-3-2-4-15(13)17)23(36)31-19(24(37)38)7-14-10-26-11-28-14/h2-5,9-12,16,18-19,27H,6-8,25H2,1H3,(H,26,28)(H,29,35)(H,30,34)(H,31,36)(H,32,33)(H,37,38). The van der Waals surface area contributed by atoms with Crippen LogP contribution in [0.4, 0.5) is 0 Å². The number of imidazole rings is 1. The average molecular weight is 528 g/mol. The summed E-state index contributed by atoms with van der Waals surface area (Å²) in [5.41, 5.74) is 7.54. The number of hydrogen-bond acceptors (Lipinski definition) is 7. The molecule has 4 atom stereocenters. The Morgan fingerprint density at radius 2 is 1.66 bits per heavy atom. The molecule has 0 aliphatic heterocycles. The molecule has 0 radical (unpaired) electrons. The van der Waals surface area contributed by atoms with Gasteiger partial charge in [-0.05, 0) is 18.6 Å². The fourth-order valence-electron chi connectivity index (χ4n) is 3.78. The van der Waals surface area contributed by atoms with Crippen molar-refractivity contribution in [3.63, 3.8) is 0 Å². The molecule has 38 heavy (non-hydrogen) atoms. The lowest BCUT2D eigenvalue weighted by atomic mass is 10.0. The van der Waals surface area contributed by atoms with Gasteiger partial charge < -0.3 is 41.9 Å². The van der Waals surface area contributed by atoms with Gasteiger partial charge in [-0.2, -0.15) is 0 Å². The number of H-pyrrole nitrogens is 2. The van der Waals surface area contributed by atoms with E-state index in [0.29, 0.717) is 11.3 Å². The third-order valence-corrected chi connectivity index (χ3v) is 5.81. The Bertz CT molecular complexity index is 1300. The maximum Gasteiger partial charge on any atom is 0.326 e. The van der Waals surface area contributed by atoms with Crippen molar-refractivity contribution < 1.29 is 34.2 Å². The number of amides is 3. The van der Waals surface area contributed by atoms with Crippen LogP contribution < -0.4 is 21.7 Å². The van der Waals surface area contributed by atoms with Crippen LogP contribution in [0.15, 0.2) is 43.0 Å². The van der Waals surface area contributed by atoms with Gasteiger partial charge in [0.25, 0.3) is 0 Å². The number of nitrogens with zero attached hydrogens (tertiary/aromatic N) is 1. The van der Waals surface area contributed by atoms with Crippen molar-refractivity contribution in [2.24, 2.45) is 5.73 Å². The van der Waals surface area contributed by atoms with Crippen LogP contribution in [0.1, 0.15) is 24.6 Å². The fourth-order valence-corrected chi connectivity index (χ4v) is 3.78. The molecule has 14 heteroatoms. The predicted octanol–water partition coefficient (Wildman–Crippen LogP) is -0.963. The number of aliphatic carboxylic acids is 2. The second-order valence-electron chi connectivity index (χ2n) is 8.74. The summed E-state index contributed by atoms with van der Waals surface area (Å²) >= 11 is 0. The van der Waals surface area contributed by atoms with E-state index in [2.05, 4.69) is 30.9 Å². The molecule has 3 aromatic rings. The van der Waals surface area contributed by atoms with E-state index in [1.54, 1.807) is 6.20 Å². The van der Waals surface area contributed by atoms with E-state index in [0.717, 1.165) is 10.9 Å². The highest BCUT2D eigenvalue weighted by Crippen LogP contribution is 2.19. The second-order valence-corrected chi connectivity index (χ2v) is 8.74. The highest BCUT2D eigenvalue weighted by atomic mass is 16.4. The van der Waals surface area contributed by atoms with Crippen molar-refractivity contribution in [2.45, 2.75) is 50.4 Å². The normalized spacial score (nSPS) is 14.2. The number of carboxylic acid groups (broad SMARTS) is 2. The monoisotopic (exact) mass is 527 g/mol. The van der Waals surface area contributed by atoms with E-state index in [9.17, 15) is 29.1 Å². The zero-order valence-electron chi connectivity index (χ0n) is 20.4. The van der Waals surface area contributed by atoms with Gasteiger partial charge in [0.2, 0.25) is 17.7 Å². The number of hydrogen-bond donors (Lipinski definition) is 8. The molecule has 0 saturated heterocycles. The third-order valence-electron chi connectivity index (χ3n) is 5.81. The number of carbonyl (C=O) groups is 5. The largest absolute Gasteiger partial charge is 0.481 e. The molecule has 0 bridgehead atoms. The summed E-state index contributed by atoms with van der Waals surface area (Å²) in [4.78, 5) is 70.6. The number of aromatic amines is 2. The number of benzene rings is 1. The summed E-state index contributed by atoms with van der Waals surface area (Å²) in [6.07, 6.45) is 3.83. The number of rotatable bonds is 13. The van der Waals surface area contributed by atoms with Gasteiger partial charge in [-0.15, -0.1) is 0 Å². The quantitative estimate of drug-likeness (QED) is 0.136. The highest BCUT2D eigenvalue weighted by molar-refractivity contribution is 5.95. The molecule has 14 nitrogen and oxygen atoms in total. The maximum atomic E-state index is 13.3. The molecule has 0 fully saturated rings. The Morgan fingerprint density at radius 1 is 0.947 bits per heavy atom. The minimum Gasteiger partial charge on any atom is -0.481 e. The number of carboxylic acids is 2. The van der Waals surface area contributed by atoms with E-state index in [1.165, 1.54) is 19.4 Å². The molecule has 3 amide bonds. The third kappa shape index (κ3) is 7.39. The van der Waals surface area contributed by atoms with Gasteiger partial charge in [0.15, 0.2) is 0 Å². The molecule has 0 spiro atoms. The Hall–Kier alpha value is -4.72. The Balaban J connectivity index is 1.77. The Labute approximate surface area is 216 Å². The minimum atomic E-state index is -1.37. The van der Waals surface area contributed by atoms with Crippen LogP contribution >= 0.6 is 0 Å². The summed E-state index contributed by atoms with van der Waals surface area (Å²) in [5.74, 6) is -4.90. The number of nitrogens with one attached hydrogen (secondary N) is 5. The molecule has 0 saturated carbocycles. The van der Waals surface area contributed by atoms with Crippen molar-refractivity contribution in [2.75, 3.05) is 0 Å². The lowest BCUT2D eigenvalue weighted by Gasteiger charge is -2.23. The van der Waals surface area contributed by atoms with E-state index in [-0.39, 0.29) is 12.8 Å². The average Bonchev–Trinajstić information content (AvgIpc) is 3.52. The van der Waals surface area contributed by atoms with Gasteiger partial charge in [0, 0.05) is 41.8 Å². The van der Waals surface area contributed by atoms with Gasteiger partial charge in [0.1, 0.15) is 18.1 Å². The minimum absolute atomic E-state index is 0.0111. The van der Waals surface area contributed by atoms with Crippen molar-refractivity contribution in [3.05, 3.63) is 54.2 Å². The van der Waals surface area contributed by atoms with Crippen LogP contribution in [0.2, 0.25) is 0 Å². The van der Waals surface area contributed by atoms with Gasteiger partial charge in [-0.1, -0.05) is 18.2 Å². The molecule has 9 N–H and O–H groups in total. The molecular formula is C24H29N7O7. The van der Waals surface area contributed by atoms with E-state index in [4.69, 9.17) is 10.8 Å². The van der Waals surface area contributed by atoms with Crippen LogP contribution in [0.5, 0.6) is 0 Å². The topological polar surface area (TPSA) is 232 Å². The van der Waals surface area contributed by atoms with Gasteiger partial charge in [0.05, 0.1) is 18.8 Å². The fraction of sp³-hybridized carbons (Fsp3) is 0.333. The number of nitrogens with two attached hydrogens (primary N) is 1. The second kappa shape index (κ2) is 12.5. The maximum absolute atomic E-state index is 13.3. The molecule has 0 aliphatic rings. The number of para-hydroxylation sites is 1. The van der Waals surface area contributed by atoms with Crippen molar-refractivity contribution in [1.82, 2.24) is 30.9 Å². The van der Waals surface area contributed by atoms with Crippen molar-refractivity contribution in [1.29, 1.82) is 0 Å². The number of aromatic nitrogens is 3. The van der Waals surface area contributed by atoms with Gasteiger partial charge in [-0.3, -0.25) is 19.2 Å². The van der Waals surface area contributed by atoms with Crippen LogP contribution in [0, 0.1) is 0 Å². The summed E-state index contributed by atoms with van der Waals surface area (Å²) in [5, 5.41) is 26.6. The van der Waals surface area contributed by atoms with Gasteiger partial charge >= 0.3 is 11.9 Å². The van der Waals surface area contributed by atoms with Crippen LogP contribution in [0.25, 0.3) is 10.9 Å². The van der Waals surface area contributed by atoms with Crippen molar-refractivity contribution in [3.8, 4) is 0 Å². The number of fused-ring (bicyclic) bond motifs is 1. The first-order valence-corrected chi connectivity index (χ1v) is 11.7. The van der Waals surface area contributed by atoms with E-state index < -0.39 is 60.2 Å². The molecular weight excluding hydrogens is 498 g/mol. The Morgan fingerprint density at radius 3 is 2.32 bits per heavy atom. The summed E-state index contributed by atoms with van der Waals surface area (Å²) in [6.45, 7) is 1.35. The van der Waals surface area contributed by atoms with Crippen LogP contribution in [-0.2, 0) is 36.8 Å². The molecule has 4 unspecified atom stereocenters. The summed E-state index contributed by atoms with van der Waals surface area (Å²) in [7, 11) is 0. The summed E-state index contributed by atoms with van der Waals surface area (Å²) in [6, 6.07) is 2.27. The Kier molecular flexibility index (Phi) is 9.16. The van der Waals surface area contributed by atoms with E-state index in [1.807, 2.05) is 24.3 Å². The molecule has 3 rings (SSSR count). The van der Waals surface area contributed by atoms with E-state index >= 15 is 0 Å². The van der Waals surface area contributed by atoms with Crippen LogP contribution in [0.3, 0.4) is 0 Å².